The Morgan fingerprint density at radius 1 is 1.53 bits per heavy atom. The SMILES string of the molecule is O=c1c2ccccc2nnn1COP(O)(=S)S. The molecule has 6 nitrogen and oxygen atoms in total. The highest BCUT2D eigenvalue weighted by Crippen LogP contribution is 2.47. The lowest BCUT2D eigenvalue weighted by atomic mass is 10.2. The van der Waals surface area contributed by atoms with Crippen molar-refractivity contribution in [3.8, 4) is 0 Å². The number of aromatic nitrogens is 3. The lowest BCUT2D eigenvalue weighted by molar-refractivity contribution is 0.217. The first-order valence-electron chi connectivity index (χ1n) is 4.50. The molecule has 0 radical (unpaired) electrons. The topological polar surface area (TPSA) is 77.2 Å². The Kier molecular flexibility index (Phi) is 3.60. The normalized spacial score (nSPS) is 14.7. The van der Waals surface area contributed by atoms with Gasteiger partial charge in [-0.15, -0.1) is 5.10 Å². The monoisotopic (exact) mass is 289 g/mol. The number of fused-ring (bicyclic) bond motifs is 1. The van der Waals surface area contributed by atoms with Gasteiger partial charge in [-0.2, -0.15) is 4.68 Å². The molecule has 9 heteroatoms. The van der Waals surface area contributed by atoms with Crippen LogP contribution in [0.4, 0.5) is 0 Å². The van der Waals surface area contributed by atoms with Crippen molar-refractivity contribution in [2.24, 2.45) is 0 Å². The second-order valence-corrected chi connectivity index (χ2v) is 8.32. The zero-order valence-electron chi connectivity index (χ0n) is 8.42. The highest BCUT2D eigenvalue weighted by Gasteiger charge is 2.09. The summed E-state index contributed by atoms with van der Waals surface area (Å²) in [6.45, 7) is -0.270. The molecule has 0 aliphatic rings. The van der Waals surface area contributed by atoms with Gasteiger partial charge in [-0.1, -0.05) is 29.6 Å². The quantitative estimate of drug-likeness (QED) is 0.646. The Bertz CT molecular complexity index is 654. The molecule has 0 saturated carbocycles. The Morgan fingerprint density at radius 3 is 2.94 bits per heavy atom. The highest BCUT2D eigenvalue weighted by molar-refractivity contribution is 8.59. The molecule has 0 aliphatic carbocycles. The Hall–Kier alpha value is -0.790. The molecule has 90 valence electrons. The van der Waals surface area contributed by atoms with Gasteiger partial charge in [0.25, 0.3) is 5.56 Å². The average Bonchev–Trinajstić information content (AvgIpc) is 2.27. The minimum absolute atomic E-state index is 0.270. The van der Waals surface area contributed by atoms with Crippen molar-refractivity contribution in [2.45, 2.75) is 6.73 Å². The van der Waals surface area contributed by atoms with Crippen LogP contribution in [0.25, 0.3) is 10.9 Å². The second kappa shape index (κ2) is 4.83. The van der Waals surface area contributed by atoms with Gasteiger partial charge in [0.2, 0.25) is 5.69 Å². The van der Waals surface area contributed by atoms with Gasteiger partial charge in [0.05, 0.1) is 5.39 Å². The summed E-state index contributed by atoms with van der Waals surface area (Å²) in [7, 11) is 0. The smallest absolute Gasteiger partial charge is 0.279 e. The number of thiol groups is 1. The summed E-state index contributed by atoms with van der Waals surface area (Å²) < 4.78 is 5.83. The van der Waals surface area contributed by atoms with Crippen LogP contribution in [0, 0.1) is 0 Å². The summed E-state index contributed by atoms with van der Waals surface area (Å²) >= 11 is 8.26. The van der Waals surface area contributed by atoms with E-state index in [1.54, 1.807) is 24.3 Å². The number of nitrogens with zero attached hydrogens (tertiary/aromatic N) is 3. The first-order chi connectivity index (χ1) is 7.97. The molecule has 0 bridgehead atoms. The van der Waals surface area contributed by atoms with Crippen molar-refractivity contribution in [3.63, 3.8) is 0 Å². The van der Waals surface area contributed by atoms with Crippen LogP contribution in [0.2, 0.25) is 0 Å². The van der Waals surface area contributed by atoms with Gasteiger partial charge < -0.3 is 4.89 Å². The van der Waals surface area contributed by atoms with Gasteiger partial charge in [-0.25, -0.2) is 0 Å². The predicted molar refractivity (Wildman–Crippen MR) is 70.4 cm³/mol. The summed E-state index contributed by atoms with van der Waals surface area (Å²) in [5.41, 5.74) is -2.96. The lowest BCUT2D eigenvalue weighted by Crippen LogP contribution is -2.24. The van der Waals surface area contributed by atoms with Crippen LogP contribution < -0.4 is 5.56 Å². The van der Waals surface area contributed by atoms with E-state index in [2.05, 4.69) is 34.4 Å². The molecule has 2 aromatic rings. The van der Waals surface area contributed by atoms with E-state index in [0.29, 0.717) is 10.9 Å². The van der Waals surface area contributed by atoms with E-state index in [1.807, 2.05) is 0 Å². The van der Waals surface area contributed by atoms with Crippen LogP contribution in [0.15, 0.2) is 29.1 Å². The summed E-state index contributed by atoms with van der Waals surface area (Å²) in [5.74, 6) is 0. The maximum Gasteiger partial charge on any atom is 0.279 e. The van der Waals surface area contributed by atoms with Crippen molar-refractivity contribution in [1.29, 1.82) is 0 Å². The van der Waals surface area contributed by atoms with E-state index < -0.39 is 5.69 Å². The summed E-state index contributed by atoms with van der Waals surface area (Å²) in [5, 5.41) is 7.94. The third-order valence-electron chi connectivity index (χ3n) is 1.98. The molecule has 1 aromatic carbocycles. The molecular weight excluding hydrogens is 281 g/mol. The molecule has 0 saturated heterocycles. The molecule has 0 amide bonds. The molecule has 1 unspecified atom stereocenters. The van der Waals surface area contributed by atoms with Gasteiger partial charge in [0.15, 0.2) is 6.73 Å². The molecular formula is C8H8N3O3PS2. The Balaban J connectivity index is 2.40. The summed E-state index contributed by atoms with van der Waals surface area (Å²) in [6, 6.07) is 6.81. The minimum Gasteiger partial charge on any atom is -0.338 e. The zero-order valence-corrected chi connectivity index (χ0v) is 11.0. The minimum atomic E-state index is -3.11. The first-order valence-corrected chi connectivity index (χ1v) is 8.32. The van der Waals surface area contributed by atoms with Crippen LogP contribution in [-0.4, -0.2) is 19.9 Å². The third kappa shape index (κ3) is 3.11. The largest absolute Gasteiger partial charge is 0.338 e. The van der Waals surface area contributed by atoms with Crippen LogP contribution in [0.5, 0.6) is 0 Å². The molecule has 17 heavy (non-hydrogen) atoms. The van der Waals surface area contributed by atoms with Crippen molar-refractivity contribution < 1.29 is 9.42 Å². The number of benzene rings is 1. The van der Waals surface area contributed by atoms with Crippen molar-refractivity contribution in [3.05, 3.63) is 34.6 Å². The fourth-order valence-corrected chi connectivity index (χ4v) is 1.79. The molecule has 1 atom stereocenters. The summed E-state index contributed by atoms with van der Waals surface area (Å²) in [6.07, 6.45) is 0. The van der Waals surface area contributed by atoms with Crippen LogP contribution in [-0.2, 0) is 23.1 Å². The van der Waals surface area contributed by atoms with Gasteiger partial charge in [-0.3, -0.25) is 9.32 Å². The van der Waals surface area contributed by atoms with Crippen LogP contribution in [0.3, 0.4) is 0 Å². The standard InChI is InChI=1S/C8H8N3O3PS2/c12-8-6-3-1-2-4-7(6)9-10-11(8)5-14-15(13,16)17/h1-4H,5H2,(H2,13,16,17). The fourth-order valence-electron chi connectivity index (χ4n) is 1.24. The number of hydrogen-bond acceptors (Lipinski definition) is 5. The van der Waals surface area contributed by atoms with E-state index in [1.165, 1.54) is 0 Å². The van der Waals surface area contributed by atoms with E-state index in [9.17, 15) is 9.69 Å². The van der Waals surface area contributed by atoms with Gasteiger partial charge >= 0.3 is 0 Å². The maximum atomic E-state index is 11.9. The highest BCUT2D eigenvalue weighted by atomic mass is 32.9. The van der Waals surface area contributed by atoms with Crippen LogP contribution >= 0.6 is 17.9 Å². The van der Waals surface area contributed by atoms with E-state index in [0.717, 1.165) is 4.68 Å². The van der Waals surface area contributed by atoms with E-state index in [-0.39, 0.29) is 12.3 Å². The Labute approximate surface area is 107 Å². The fraction of sp³-hybridized carbons (Fsp3) is 0.125. The van der Waals surface area contributed by atoms with E-state index >= 15 is 0 Å². The molecule has 0 fully saturated rings. The predicted octanol–water partition coefficient (Wildman–Crippen LogP) is 0.912. The molecule has 0 spiro atoms. The van der Waals surface area contributed by atoms with Gasteiger partial charge in [0.1, 0.15) is 5.52 Å². The second-order valence-electron chi connectivity index (χ2n) is 3.16. The molecule has 1 N–H and O–H groups in total. The van der Waals surface area contributed by atoms with Gasteiger partial charge in [0, 0.05) is 0 Å². The molecule has 2 rings (SSSR count). The average molecular weight is 289 g/mol. The van der Waals surface area contributed by atoms with Crippen molar-refractivity contribution in [2.75, 3.05) is 0 Å². The van der Waals surface area contributed by atoms with Gasteiger partial charge in [-0.05, 0) is 23.9 Å². The zero-order chi connectivity index (χ0) is 12.5. The molecule has 0 aliphatic heterocycles. The molecule has 1 heterocycles. The van der Waals surface area contributed by atoms with Crippen molar-refractivity contribution >= 4 is 40.7 Å². The van der Waals surface area contributed by atoms with E-state index in [4.69, 9.17) is 4.52 Å². The number of rotatable bonds is 3. The van der Waals surface area contributed by atoms with Crippen molar-refractivity contribution in [1.82, 2.24) is 15.0 Å². The number of hydrogen-bond donors (Lipinski definition) is 2. The third-order valence-corrected chi connectivity index (χ3v) is 3.09. The lowest BCUT2D eigenvalue weighted by Gasteiger charge is -2.09. The van der Waals surface area contributed by atoms with Crippen LogP contribution in [0.1, 0.15) is 0 Å². The summed E-state index contributed by atoms with van der Waals surface area (Å²) in [4.78, 5) is 21.1. The maximum absolute atomic E-state index is 11.9. The first kappa shape index (κ1) is 12.7. The Morgan fingerprint density at radius 2 is 2.24 bits per heavy atom. The molecule has 1 aromatic heterocycles.